The van der Waals surface area contributed by atoms with Crippen LogP contribution in [0.2, 0.25) is 0 Å². The van der Waals surface area contributed by atoms with E-state index in [4.69, 9.17) is 5.73 Å². The van der Waals surface area contributed by atoms with Crippen LogP contribution < -0.4 is 5.73 Å². The van der Waals surface area contributed by atoms with Crippen LogP contribution in [-0.4, -0.2) is 16.0 Å². The first-order valence-corrected chi connectivity index (χ1v) is 5.63. The Morgan fingerprint density at radius 3 is 3.08 bits per heavy atom. The molecule has 1 heterocycles. The fourth-order valence-electron chi connectivity index (χ4n) is 1.91. The topological polar surface area (TPSA) is 38.9 Å². The van der Waals surface area contributed by atoms with Gasteiger partial charge in [-0.1, -0.05) is 0 Å². The molecule has 1 aromatic rings. The first-order valence-electron chi connectivity index (χ1n) is 4.41. The van der Waals surface area contributed by atoms with Crippen molar-refractivity contribution in [2.45, 2.75) is 24.1 Å². The number of hydrogen-bond acceptors (Lipinski definition) is 3. The third kappa shape index (κ3) is 1.27. The Balaban J connectivity index is 2.43. The van der Waals surface area contributed by atoms with Crippen molar-refractivity contribution in [3.05, 3.63) is 29.6 Å². The maximum atomic E-state index is 6.19. The highest BCUT2D eigenvalue weighted by atomic mass is 32.2. The molecule has 0 fully saturated rings. The van der Waals surface area contributed by atoms with Gasteiger partial charge in [0.2, 0.25) is 0 Å². The molecule has 1 aromatic heterocycles. The van der Waals surface area contributed by atoms with Gasteiger partial charge in [-0.15, -0.1) is 0 Å². The van der Waals surface area contributed by atoms with Crippen molar-refractivity contribution in [2.75, 3.05) is 6.26 Å². The van der Waals surface area contributed by atoms with Crippen molar-refractivity contribution in [3.63, 3.8) is 0 Å². The first kappa shape index (κ1) is 9.03. The second-order valence-electron chi connectivity index (χ2n) is 3.75. The Bertz CT molecular complexity index is 326. The second-order valence-corrected chi connectivity index (χ2v) is 5.09. The average molecular weight is 194 g/mol. The Hall–Kier alpha value is -0.540. The van der Waals surface area contributed by atoms with E-state index in [2.05, 4.69) is 18.2 Å². The van der Waals surface area contributed by atoms with E-state index < -0.39 is 0 Å². The van der Waals surface area contributed by atoms with Crippen LogP contribution in [0, 0.1) is 0 Å². The number of nitrogens with zero attached hydrogens (tertiary/aromatic N) is 1. The van der Waals surface area contributed by atoms with Crippen molar-refractivity contribution in [2.24, 2.45) is 5.73 Å². The molecule has 0 bridgehead atoms. The lowest BCUT2D eigenvalue weighted by molar-refractivity contribution is 0.566. The van der Waals surface area contributed by atoms with E-state index in [-0.39, 0.29) is 10.8 Å². The number of fused-ring (bicyclic) bond motifs is 1. The van der Waals surface area contributed by atoms with Gasteiger partial charge in [0.05, 0.1) is 0 Å². The number of hydrogen-bond donors (Lipinski definition) is 1. The number of thioether (sulfide) groups is 1. The highest BCUT2D eigenvalue weighted by Crippen LogP contribution is 2.44. The highest BCUT2D eigenvalue weighted by molar-refractivity contribution is 8.00. The van der Waals surface area contributed by atoms with E-state index in [0.717, 1.165) is 6.42 Å². The minimum Gasteiger partial charge on any atom is -0.323 e. The second kappa shape index (κ2) is 3.00. The molecule has 2 N–H and O–H groups in total. The van der Waals surface area contributed by atoms with Crippen LogP contribution in [0.5, 0.6) is 0 Å². The average Bonchev–Trinajstić information content (AvgIpc) is 2.41. The first-order chi connectivity index (χ1) is 6.17. The van der Waals surface area contributed by atoms with Crippen LogP contribution in [0.15, 0.2) is 18.5 Å². The van der Waals surface area contributed by atoms with Crippen LogP contribution in [0.1, 0.15) is 24.1 Å². The van der Waals surface area contributed by atoms with E-state index in [9.17, 15) is 0 Å². The lowest BCUT2D eigenvalue weighted by Crippen LogP contribution is -2.31. The zero-order valence-corrected chi connectivity index (χ0v) is 8.77. The molecular formula is C10H14N2S. The van der Waals surface area contributed by atoms with Gasteiger partial charge < -0.3 is 5.73 Å². The molecule has 0 radical (unpaired) electrons. The summed E-state index contributed by atoms with van der Waals surface area (Å²) in [4.78, 5) is 4.13. The lowest BCUT2D eigenvalue weighted by atomic mass is 10.0. The zero-order valence-electron chi connectivity index (χ0n) is 7.95. The molecule has 70 valence electrons. The minimum atomic E-state index is 0.153. The molecule has 1 aliphatic carbocycles. The molecule has 13 heavy (non-hydrogen) atoms. The van der Waals surface area contributed by atoms with Crippen LogP contribution in [-0.2, 0) is 6.42 Å². The van der Waals surface area contributed by atoms with Gasteiger partial charge in [0.1, 0.15) is 0 Å². The Kier molecular flexibility index (Phi) is 2.08. The third-order valence-electron chi connectivity index (χ3n) is 2.94. The Morgan fingerprint density at radius 2 is 2.46 bits per heavy atom. The fourth-order valence-corrected chi connectivity index (χ4v) is 2.59. The molecule has 0 amide bonds. The van der Waals surface area contributed by atoms with Crippen molar-refractivity contribution in [1.82, 2.24) is 4.98 Å². The summed E-state index contributed by atoms with van der Waals surface area (Å²) in [6.45, 7) is 2.22. The molecular weight excluding hydrogens is 180 g/mol. The fraction of sp³-hybridized carbons (Fsp3) is 0.500. The molecule has 2 atom stereocenters. The highest BCUT2D eigenvalue weighted by Gasteiger charge is 2.39. The molecule has 0 spiro atoms. The predicted molar refractivity (Wildman–Crippen MR) is 56.8 cm³/mol. The summed E-state index contributed by atoms with van der Waals surface area (Å²) in [5.74, 6) is 0. The summed E-state index contributed by atoms with van der Waals surface area (Å²) < 4.78 is 0.158. The molecule has 0 saturated heterocycles. The van der Waals surface area contributed by atoms with Crippen molar-refractivity contribution >= 4 is 11.8 Å². The Labute approximate surface area is 82.9 Å². The number of aromatic nitrogens is 1. The van der Waals surface area contributed by atoms with Gasteiger partial charge in [-0.25, -0.2) is 0 Å². The summed E-state index contributed by atoms with van der Waals surface area (Å²) in [5, 5.41) is 0. The van der Waals surface area contributed by atoms with E-state index in [0.29, 0.717) is 0 Å². The van der Waals surface area contributed by atoms with E-state index in [1.54, 1.807) is 0 Å². The number of nitrogens with two attached hydrogens (primary N) is 1. The predicted octanol–water partition coefficient (Wildman–Crippen LogP) is 1.76. The summed E-state index contributed by atoms with van der Waals surface area (Å²) in [6, 6.07) is 2.20. The van der Waals surface area contributed by atoms with Crippen LogP contribution >= 0.6 is 11.8 Å². The monoisotopic (exact) mass is 194 g/mol. The molecule has 2 nitrogen and oxygen atoms in total. The van der Waals surface area contributed by atoms with Crippen molar-refractivity contribution in [3.8, 4) is 0 Å². The summed E-state index contributed by atoms with van der Waals surface area (Å²) >= 11 is 1.85. The molecule has 0 saturated carbocycles. The van der Waals surface area contributed by atoms with Gasteiger partial charge in [0.15, 0.2) is 0 Å². The SMILES string of the molecule is CSC1(C)Cc2cnccc2[C@H]1N. The molecule has 0 aliphatic heterocycles. The van der Waals surface area contributed by atoms with Gasteiger partial charge in [0, 0.05) is 23.2 Å². The van der Waals surface area contributed by atoms with E-state index >= 15 is 0 Å². The molecule has 3 heteroatoms. The summed E-state index contributed by atoms with van der Waals surface area (Å²) in [6.07, 6.45) is 6.93. The molecule has 2 rings (SSSR count). The van der Waals surface area contributed by atoms with Gasteiger partial charge in [-0.3, -0.25) is 4.98 Å². The Morgan fingerprint density at radius 1 is 1.69 bits per heavy atom. The van der Waals surface area contributed by atoms with E-state index in [1.165, 1.54) is 11.1 Å². The van der Waals surface area contributed by atoms with Crippen molar-refractivity contribution < 1.29 is 0 Å². The minimum absolute atomic E-state index is 0.153. The number of rotatable bonds is 1. The molecule has 0 aromatic carbocycles. The largest absolute Gasteiger partial charge is 0.323 e. The van der Waals surface area contributed by atoms with Gasteiger partial charge in [0.25, 0.3) is 0 Å². The van der Waals surface area contributed by atoms with Crippen LogP contribution in [0.4, 0.5) is 0 Å². The van der Waals surface area contributed by atoms with Crippen LogP contribution in [0.25, 0.3) is 0 Å². The lowest BCUT2D eigenvalue weighted by Gasteiger charge is -2.26. The van der Waals surface area contributed by atoms with Gasteiger partial charge in [-0.05, 0) is 36.8 Å². The third-order valence-corrected chi connectivity index (χ3v) is 4.27. The van der Waals surface area contributed by atoms with Gasteiger partial charge >= 0.3 is 0 Å². The van der Waals surface area contributed by atoms with Gasteiger partial charge in [-0.2, -0.15) is 11.8 Å². The molecule has 1 aliphatic rings. The maximum Gasteiger partial charge on any atom is 0.0448 e. The number of pyridine rings is 1. The summed E-state index contributed by atoms with van der Waals surface area (Å²) in [7, 11) is 0. The normalized spacial score (nSPS) is 31.8. The quantitative estimate of drug-likeness (QED) is 0.740. The zero-order chi connectivity index (χ0) is 9.47. The summed E-state index contributed by atoms with van der Waals surface area (Å²) in [5.41, 5.74) is 8.77. The van der Waals surface area contributed by atoms with E-state index in [1.807, 2.05) is 30.2 Å². The molecule has 1 unspecified atom stereocenters. The van der Waals surface area contributed by atoms with Crippen LogP contribution in [0.3, 0.4) is 0 Å². The van der Waals surface area contributed by atoms with Crippen molar-refractivity contribution in [1.29, 1.82) is 0 Å². The maximum absolute atomic E-state index is 6.19. The smallest absolute Gasteiger partial charge is 0.0448 e. The standard InChI is InChI=1S/C10H14N2S/c1-10(13-2)5-7-6-12-4-3-8(7)9(10)11/h3-4,6,9H,5,11H2,1-2H3/t9-,10?/m1/s1.